The van der Waals surface area contributed by atoms with Gasteiger partial charge in [0.05, 0.1) is 4.88 Å². The lowest BCUT2D eigenvalue weighted by Gasteiger charge is -1.86. The van der Waals surface area contributed by atoms with Crippen LogP contribution in [0.3, 0.4) is 0 Å². The van der Waals surface area contributed by atoms with Gasteiger partial charge in [0.25, 0.3) is 0 Å². The third kappa shape index (κ3) is 1.65. The maximum atomic E-state index is 10.2. The summed E-state index contributed by atoms with van der Waals surface area (Å²) in [5.74, 6) is 0. The fourth-order valence-electron chi connectivity index (χ4n) is 0.702. The van der Waals surface area contributed by atoms with Crippen LogP contribution in [0.1, 0.15) is 14.5 Å². The second-order valence-electron chi connectivity index (χ2n) is 1.90. The molecule has 0 bridgehead atoms. The monoisotopic (exact) mass is 156 g/mol. The van der Waals surface area contributed by atoms with Gasteiger partial charge < -0.3 is 5.11 Å². The number of carbonyl (C=O) groups is 1. The van der Waals surface area contributed by atoms with Crippen molar-refractivity contribution in [2.45, 2.75) is 6.42 Å². The van der Waals surface area contributed by atoms with Crippen LogP contribution < -0.4 is 0 Å². The zero-order valence-corrected chi connectivity index (χ0v) is 6.23. The van der Waals surface area contributed by atoms with Gasteiger partial charge in [-0.2, -0.15) is 0 Å². The summed E-state index contributed by atoms with van der Waals surface area (Å²) < 4.78 is 0. The van der Waals surface area contributed by atoms with E-state index in [1.54, 1.807) is 6.07 Å². The Morgan fingerprint density at radius 1 is 1.60 bits per heavy atom. The summed E-state index contributed by atoms with van der Waals surface area (Å²) in [6.45, 7) is 0.152. The van der Waals surface area contributed by atoms with Gasteiger partial charge in [0.2, 0.25) is 0 Å². The van der Waals surface area contributed by atoms with E-state index in [4.69, 9.17) is 5.11 Å². The van der Waals surface area contributed by atoms with Crippen LogP contribution in [0.25, 0.3) is 0 Å². The first-order valence-corrected chi connectivity index (χ1v) is 3.83. The molecule has 3 heteroatoms. The van der Waals surface area contributed by atoms with Crippen LogP contribution in [0.4, 0.5) is 0 Å². The first-order valence-electron chi connectivity index (χ1n) is 3.01. The van der Waals surface area contributed by atoms with E-state index in [1.807, 2.05) is 6.07 Å². The molecule has 0 amide bonds. The molecule has 2 nitrogen and oxygen atoms in total. The van der Waals surface area contributed by atoms with Gasteiger partial charge >= 0.3 is 0 Å². The quantitative estimate of drug-likeness (QED) is 0.665. The second-order valence-corrected chi connectivity index (χ2v) is 3.10. The molecule has 0 radical (unpaired) electrons. The van der Waals surface area contributed by atoms with E-state index >= 15 is 0 Å². The van der Waals surface area contributed by atoms with E-state index < -0.39 is 0 Å². The summed E-state index contributed by atoms with van der Waals surface area (Å²) in [6.07, 6.45) is 1.48. The Morgan fingerprint density at radius 3 is 2.90 bits per heavy atom. The Kier molecular flexibility index (Phi) is 2.59. The lowest BCUT2D eigenvalue weighted by atomic mass is 10.3. The van der Waals surface area contributed by atoms with Crippen LogP contribution in [0.15, 0.2) is 12.1 Å². The predicted octanol–water partition coefficient (Wildman–Crippen LogP) is 1.10. The SMILES string of the molecule is O=Cc1ccc(CCO)s1. The molecule has 1 N–H and O–H groups in total. The highest BCUT2D eigenvalue weighted by atomic mass is 32.1. The van der Waals surface area contributed by atoms with Crippen LogP contribution >= 0.6 is 11.3 Å². The van der Waals surface area contributed by atoms with E-state index in [9.17, 15) is 4.79 Å². The molecular formula is C7H8O2S. The van der Waals surface area contributed by atoms with E-state index in [2.05, 4.69) is 0 Å². The van der Waals surface area contributed by atoms with Crippen LogP contribution in [-0.4, -0.2) is 18.0 Å². The topological polar surface area (TPSA) is 37.3 Å². The van der Waals surface area contributed by atoms with Crippen LogP contribution in [0.5, 0.6) is 0 Å². The number of carbonyl (C=O) groups excluding carboxylic acids is 1. The minimum absolute atomic E-state index is 0.152. The number of aliphatic hydroxyl groups is 1. The Labute approximate surface area is 63.1 Å². The molecule has 0 saturated carbocycles. The molecule has 1 aromatic heterocycles. The van der Waals surface area contributed by atoms with E-state index in [0.717, 1.165) is 16.0 Å². The summed E-state index contributed by atoms with van der Waals surface area (Å²) in [4.78, 5) is 12.0. The predicted molar refractivity (Wildman–Crippen MR) is 40.5 cm³/mol. The van der Waals surface area contributed by atoms with Crippen molar-refractivity contribution < 1.29 is 9.90 Å². The molecule has 54 valence electrons. The van der Waals surface area contributed by atoms with Crippen molar-refractivity contribution >= 4 is 17.6 Å². The summed E-state index contributed by atoms with van der Waals surface area (Å²) in [6, 6.07) is 3.63. The molecule has 1 aromatic rings. The van der Waals surface area contributed by atoms with Crippen molar-refractivity contribution in [2.75, 3.05) is 6.61 Å². The number of aliphatic hydroxyl groups excluding tert-OH is 1. The number of hydrogen-bond donors (Lipinski definition) is 1. The van der Waals surface area contributed by atoms with Gasteiger partial charge in [-0.1, -0.05) is 0 Å². The van der Waals surface area contributed by atoms with Gasteiger partial charge in [-0.3, -0.25) is 4.79 Å². The molecule has 0 saturated heterocycles. The Bertz CT molecular complexity index is 217. The Hall–Kier alpha value is -0.670. The maximum absolute atomic E-state index is 10.2. The first-order chi connectivity index (χ1) is 4.86. The van der Waals surface area contributed by atoms with Crippen molar-refractivity contribution in [3.8, 4) is 0 Å². The van der Waals surface area contributed by atoms with Gasteiger partial charge in [0.1, 0.15) is 0 Å². The van der Waals surface area contributed by atoms with Crippen molar-refractivity contribution in [1.29, 1.82) is 0 Å². The average Bonchev–Trinajstić information content (AvgIpc) is 2.37. The third-order valence-electron chi connectivity index (χ3n) is 1.16. The van der Waals surface area contributed by atoms with Gasteiger partial charge in [-0.15, -0.1) is 11.3 Å². The number of hydrogen-bond acceptors (Lipinski definition) is 3. The molecule has 0 atom stereocenters. The highest BCUT2D eigenvalue weighted by Crippen LogP contribution is 2.14. The van der Waals surface area contributed by atoms with Crippen molar-refractivity contribution in [3.05, 3.63) is 21.9 Å². The molecule has 10 heavy (non-hydrogen) atoms. The average molecular weight is 156 g/mol. The highest BCUT2D eigenvalue weighted by Gasteiger charge is 1.96. The third-order valence-corrected chi connectivity index (χ3v) is 2.23. The van der Waals surface area contributed by atoms with E-state index in [-0.39, 0.29) is 6.61 Å². The molecule has 1 rings (SSSR count). The zero-order valence-electron chi connectivity index (χ0n) is 5.41. The Balaban J connectivity index is 2.68. The normalized spacial score (nSPS) is 9.70. The maximum Gasteiger partial charge on any atom is 0.160 e. The summed E-state index contributed by atoms with van der Waals surface area (Å²) in [5, 5.41) is 8.52. The van der Waals surface area contributed by atoms with Crippen molar-refractivity contribution in [3.63, 3.8) is 0 Å². The number of rotatable bonds is 3. The first kappa shape index (κ1) is 7.44. The molecule has 0 aromatic carbocycles. The van der Waals surface area contributed by atoms with Gasteiger partial charge in [0.15, 0.2) is 6.29 Å². The second kappa shape index (κ2) is 3.49. The van der Waals surface area contributed by atoms with Crippen molar-refractivity contribution in [1.82, 2.24) is 0 Å². The molecule has 0 fully saturated rings. The molecule has 0 unspecified atom stereocenters. The minimum atomic E-state index is 0.152. The van der Waals surface area contributed by atoms with Gasteiger partial charge in [-0.25, -0.2) is 0 Å². The fraction of sp³-hybridized carbons (Fsp3) is 0.286. The van der Waals surface area contributed by atoms with Gasteiger partial charge in [0, 0.05) is 17.9 Å². The largest absolute Gasteiger partial charge is 0.396 e. The number of aldehydes is 1. The van der Waals surface area contributed by atoms with Crippen molar-refractivity contribution in [2.24, 2.45) is 0 Å². The lowest BCUT2D eigenvalue weighted by Crippen LogP contribution is -1.84. The molecule has 0 aliphatic carbocycles. The van der Waals surface area contributed by atoms with E-state index in [1.165, 1.54) is 11.3 Å². The molecule has 0 aliphatic heterocycles. The summed E-state index contributed by atoms with van der Waals surface area (Å²) in [5.41, 5.74) is 0. The highest BCUT2D eigenvalue weighted by molar-refractivity contribution is 7.13. The van der Waals surface area contributed by atoms with E-state index in [0.29, 0.717) is 6.42 Å². The lowest BCUT2D eigenvalue weighted by molar-refractivity contribution is 0.112. The fourth-order valence-corrected chi connectivity index (χ4v) is 1.52. The zero-order chi connectivity index (χ0) is 7.40. The Morgan fingerprint density at radius 2 is 2.40 bits per heavy atom. The van der Waals surface area contributed by atoms with Crippen LogP contribution in [-0.2, 0) is 6.42 Å². The van der Waals surface area contributed by atoms with Gasteiger partial charge in [-0.05, 0) is 12.1 Å². The van der Waals surface area contributed by atoms with Crippen LogP contribution in [0.2, 0.25) is 0 Å². The number of thiophene rings is 1. The standard InChI is InChI=1S/C7H8O2S/c8-4-3-6-1-2-7(5-9)10-6/h1-2,5,8H,3-4H2. The summed E-state index contributed by atoms with van der Waals surface area (Å²) >= 11 is 1.43. The molecular weight excluding hydrogens is 148 g/mol. The smallest absolute Gasteiger partial charge is 0.160 e. The molecule has 0 aliphatic rings. The van der Waals surface area contributed by atoms with Crippen LogP contribution in [0, 0.1) is 0 Å². The molecule has 0 spiro atoms. The summed E-state index contributed by atoms with van der Waals surface area (Å²) in [7, 11) is 0. The minimum Gasteiger partial charge on any atom is -0.396 e. The molecule has 1 heterocycles.